The quantitative estimate of drug-likeness (QED) is 0.285. The van der Waals surface area contributed by atoms with Crippen LogP contribution >= 0.6 is 0 Å². The van der Waals surface area contributed by atoms with Gasteiger partial charge in [0, 0.05) is 6.42 Å². The molecule has 0 bridgehead atoms. The predicted octanol–water partition coefficient (Wildman–Crippen LogP) is 8.28. The minimum absolute atomic E-state index is 0.532. The fourth-order valence-electron chi connectivity index (χ4n) is 3.81. The second-order valence-electron chi connectivity index (χ2n) is 8.93. The summed E-state index contributed by atoms with van der Waals surface area (Å²) in [4.78, 5) is 0. The molecule has 28 heavy (non-hydrogen) atoms. The third-order valence-electron chi connectivity index (χ3n) is 6.12. The standard InChI is InChI=1S/C28H38/c1-8-10-13-24(17-21(5)9-2)22(6)12-11-14-25-19-26(28-18-23(28)7)15-16-27(25)20(3)4/h1,11,13-16,19-21,23,28H,6,9-10,12,17-18H2,2-5,7H3. The Morgan fingerprint density at radius 2 is 2.04 bits per heavy atom. The number of allylic oxidation sites excluding steroid dienone is 4. The van der Waals surface area contributed by atoms with Gasteiger partial charge in [0.25, 0.3) is 0 Å². The Bertz CT molecular complexity index is 766. The molecule has 2 rings (SSSR count). The number of hydrogen-bond donors (Lipinski definition) is 0. The average molecular weight is 375 g/mol. The first kappa shape index (κ1) is 22.3. The summed E-state index contributed by atoms with van der Waals surface area (Å²) in [7, 11) is 0. The van der Waals surface area contributed by atoms with Crippen molar-refractivity contribution in [2.24, 2.45) is 11.8 Å². The maximum absolute atomic E-state index is 5.48. The van der Waals surface area contributed by atoms with Crippen molar-refractivity contribution in [1.82, 2.24) is 0 Å². The minimum atomic E-state index is 0.532. The van der Waals surface area contributed by atoms with Crippen molar-refractivity contribution in [2.45, 2.75) is 78.6 Å². The third kappa shape index (κ3) is 6.27. The van der Waals surface area contributed by atoms with Crippen LogP contribution in [-0.2, 0) is 0 Å². The van der Waals surface area contributed by atoms with E-state index < -0.39 is 0 Å². The second kappa shape index (κ2) is 10.5. The fraction of sp³-hybridized carbons (Fsp3) is 0.500. The smallest absolute Gasteiger partial charge is 0.0272 e. The predicted molar refractivity (Wildman–Crippen MR) is 125 cm³/mol. The number of benzene rings is 1. The Kier molecular flexibility index (Phi) is 8.37. The molecule has 0 radical (unpaired) electrons. The maximum atomic E-state index is 5.48. The highest BCUT2D eigenvalue weighted by Gasteiger charge is 2.34. The molecule has 0 aromatic heterocycles. The van der Waals surface area contributed by atoms with Crippen LogP contribution in [0.3, 0.4) is 0 Å². The molecule has 0 N–H and O–H groups in total. The lowest BCUT2D eigenvalue weighted by Crippen LogP contribution is -1.98. The van der Waals surface area contributed by atoms with Gasteiger partial charge in [0.2, 0.25) is 0 Å². The van der Waals surface area contributed by atoms with Crippen molar-refractivity contribution in [3.63, 3.8) is 0 Å². The number of hydrogen-bond acceptors (Lipinski definition) is 0. The molecule has 0 aliphatic heterocycles. The molecule has 1 aliphatic carbocycles. The van der Waals surface area contributed by atoms with E-state index in [0.29, 0.717) is 18.3 Å². The van der Waals surface area contributed by atoms with E-state index in [1.165, 1.54) is 40.7 Å². The van der Waals surface area contributed by atoms with Crippen molar-refractivity contribution in [2.75, 3.05) is 0 Å². The van der Waals surface area contributed by atoms with E-state index in [-0.39, 0.29) is 0 Å². The van der Waals surface area contributed by atoms with E-state index in [1.54, 1.807) is 0 Å². The van der Waals surface area contributed by atoms with Crippen molar-refractivity contribution in [3.8, 4) is 12.3 Å². The van der Waals surface area contributed by atoms with Crippen LogP contribution in [0.25, 0.3) is 6.08 Å². The van der Waals surface area contributed by atoms with Gasteiger partial charge in [-0.25, -0.2) is 0 Å². The highest BCUT2D eigenvalue weighted by Crippen LogP contribution is 2.47. The molecule has 1 aromatic rings. The van der Waals surface area contributed by atoms with Crippen LogP contribution < -0.4 is 0 Å². The average Bonchev–Trinajstić information content (AvgIpc) is 3.41. The van der Waals surface area contributed by atoms with Crippen molar-refractivity contribution in [1.29, 1.82) is 0 Å². The van der Waals surface area contributed by atoms with Crippen molar-refractivity contribution in [3.05, 3.63) is 64.8 Å². The Morgan fingerprint density at radius 1 is 1.32 bits per heavy atom. The molecule has 0 heterocycles. The van der Waals surface area contributed by atoms with Gasteiger partial charge in [-0.05, 0) is 70.8 Å². The molecular formula is C28H38. The Morgan fingerprint density at radius 3 is 2.61 bits per heavy atom. The van der Waals surface area contributed by atoms with Crippen LogP contribution in [0.4, 0.5) is 0 Å². The zero-order valence-electron chi connectivity index (χ0n) is 18.6. The van der Waals surface area contributed by atoms with Gasteiger partial charge in [-0.3, -0.25) is 0 Å². The molecule has 1 saturated carbocycles. The first-order valence-electron chi connectivity index (χ1n) is 11.0. The van der Waals surface area contributed by atoms with Crippen LogP contribution in [0.1, 0.15) is 95.2 Å². The molecular weight excluding hydrogens is 336 g/mol. The van der Waals surface area contributed by atoms with E-state index in [4.69, 9.17) is 6.42 Å². The lowest BCUT2D eigenvalue weighted by atomic mass is 9.91. The summed E-state index contributed by atoms with van der Waals surface area (Å²) in [6, 6.07) is 7.09. The zero-order valence-corrected chi connectivity index (χ0v) is 18.6. The Hall–Kier alpha value is -2.00. The topological polar surface area (TPSA) is 0 Å². The van der Waals surface area contributed by atoms with E-state index in [2.05, 4.69) is 83.5 Å². The highest BCUT2D eigenvalue weighted by atomic mass is 14.4. The summed E-state index contributed by atoms with van der Waals surface area (Å²) < 4.78 is 0. The summed E-state index contributed by atoms with van der Waals surface area (Å²) >= 11 is 0. The third-order valence-corrected chi connectivity index (χ3v) is 6.12. The number of rotatable bonds is 10. The summed E-state index contributed by atoms with van der Waals surface area (Å²) in [5.74, 6) is 5.53. The van der Waals surface area contributed by atoms with E-state index in [9.17, 15) is 0 Å². The molecule has 0 nitrogen and oxygen atoms in total. The molecule has 0 saturated heterocycles. The van der Waals surface area contributed by atoms with Crippen LogP contribution in [0.2, 0.25) is 0 Å². The minimum Gasteiger partial charge on any atom is -0.120 e. The van der Waals surface area contributed by atoms with Crippen LogP contribution in [-0.4, -0.2) is 0 Å². The normalized spacial score (nSPS) is 20.4. The van der Waals surface area contributed by atoms with Gasteiger partial charge in [-0.1, -0.05) is 84.0 Å². The highest BCUT2D eigenvalue weighted by molar-refractivity contribution is 5.57. The zero-order chi connectivity index (χ0) is 20.7. The molecule has 1 aromatic carbocycles. The second-order valence-corrected chi connectivity index (χ2v) is 8.93. The molecule has 0 spiro atoms. The fourth-order valence-corrected chi connectivity index (χ4v) is 3.81. The van der Waals surface area contributed by atoms with Crippen LogP contribution in [0.5, 0.6) is 0 Å². The van der Waals surface area contributed by atoms with Gasteiger partial charge in [0.05, 0.1) is 0 Å². The summed E-state index contributed by atoms with van der Waals surface area (Å²) in [5, 5.41) is 0. The summed E-state index contributed by atoms with van der Waals surface area (Å²) in [5.41, 5.74) is 6.84. The maximum Gasteiger partial charge on any atom is 0.0272 e. The van der Waals surface area contributed by atoms with E-state index in [0.717, 1.165) is 24.7 Å². The molecule has 0 heteroatoms. The van der Waals surface area contributed by atoms with Crippen molar-refractivity contribution >= 4 is 6.08 Å². The molecule has 1 aliphatic rings. The molecule has 0 amide bonds. The lowest BCUT2D eigenvalue weighted by molar-refractivity contribution is 0.558. The van der Waals surface area contributed by atoms with Gasteiger partial charge in [-0.2, -0.15) is 0 Å². The SMILES string of the molecule is C#CCC=C(CC(C)CC)C(=C)CC=Cc1cc(C2CC2C)ccc1C(C)C. The van der Waals surface area contributed by atoms with Gasteiger partial charge in [0.1, 0.15) is 0 Å². The molecule has 3 unspecified atom stereocenters. The van der Waals surface area contributed by atoms with Crippen LogP contribution in [0, 0.1) is 24.2 Å². The Balaban J connectivity index is 2.13. The van der Waals surface area contributed by atoms with E-state index >= 15 is 0 Å². The molecule has 150 valence electrons. The van der Waals surface area contributed by atoms with E-state index in [1.807, 2.05) is 0 Å². The van der Waals surface area contributed by atoms with Gasteiger partial charge >= 0.3 is 0 Å². The van der Waals surface area contributed by atoms with Crippen molar-refractivity contribution < 1.29 is 0 Å². The number of terminal acetylenes is 1. The molecule has 1 fully saturated rings. The monoisotopic (exact) mass is 374 g/mol. The first-order valence-corrected chi connectivity index (χ1v) is 11.0. The van der Waals surface area contributed by atoms with Crippen LogP contribution in [0.15, 0.2) is 48.1 Å². The molecule has 3 atom stereocenters. The Labute approximate surface area is 173 Å². The largest absolute Gasteiger partial charge is 0.120 e. The summed E-state index contributed by atoms with van der Waals surface area (Å²) in [6.07, 6.45) is 17.4. The first-order chi connectivity index (χ1) is 13.4. The van der Waals surface area contributed by atoms with Gasteiger partial charge in [-0.15, -0.1) is 12.3 Å². The van der Waals surface area contributed by atoms with Gasteiger partial charge in [0.15, 0.2) is 0 Å². The lowest BCUT2D eigenvalue weighted by Gasteiger charge is -2.15. The summed E-state index contributed by atoms with van der Waals surface area (Å²) in [6.45, 7) is 15.8. The van der Waals surface area contributed by atoms with Gasteiger partial charge < -0.3 is 0 Å².